The van der Waals surface area contributed by atoms with Crippen LogP contribution in [0.3, 0.4) is 0 Å². The molecule has 3 aliphatic heterocycles. The number of fused-ring (bicyclic) bond motifs is 2. The zero-order valence-electron chi connectivity index (χ0n) is 28.0. The molecule has 1 amide bonds. The smallest absolute Gasteiger partial charge is 0.410 e. The number of nitrogens with zero attached hydrogens (tertiary/aromatic N) is 7. The average Bonchev–Trinajstić information content (AvgIpc) is 3.39. The number of piperidine rings is 2. The summed E-state index contributed by atoms with van der Waals surface area (Å²) in [6.07, 6.45) is 13.8. The third-order valence-electron chi connectivity index (χ3n) is 10.3. The Balaban J connectivity index is 1.01. The second-order valence-corrected chi connectivity index (χ2v) is 15.7. The fraction of sp³-hybridized carbons (Fsp3) is 0.556. The van der Waals surface area contributed by atoms with Crippen LogP contribution in [0.25, 0.3) is 16.4 Å². The van der Waals surface area contributed by atoms with Gasteiger partial charge in [-0.05, 0) is 82.7 Å². The van der Waals surface area contributed by atoms with Gasteiger partial charge in [-0.15, -0.1) is 0 Å². The molecule has 10 heteroatoms. The number of aromatic nitrogens is 4. The van der Waals surface area contributed by atoms with Crippen molar-refractivity contribution in [1.29, 1.82) is 0 Å². The highest BCUT2D eigenvalue weighted by atomic mass is 16.6. The molecule has 7 heterocycles. The molecular formula is C36H47N7O3. The van der Waals surface area contributed by atoms with E-state index >= 15 is 0 Å². The lowest BCUT2D eigenvalue weighted by Crippen LogP contribution is -2.61. The molecule has 10 nitrogen and oxygen atoms in total. The Bertz CT molecular complexity index is 1810. The van der Waals surface area contributed by atoms with E-state index in [9.17, 15) is 9.59 Å². The van der Waals surface area contributed by atoms with E-state index in [0.29, 0.717) is 30.4 Å². The van der Waals surface area contributed by atoms with Crippen molar-refractivity contribution in [3.8, 4) is 0 Å². The standard InChI is InChI=1S/C36H47N7O3/c1-34(2,3)46-33(45)40-16-11-36(12-17-40)24-43(25-36)30-19-37-18-29-28(30)8-13-41(32(29)44)22-27-23-42-21-26(6-7-31(42)38-27)20-39-14-9-35(4,5)10-15-39/h6-8,13,18-19,21,23H,9-12,14-17,20,22,24-25H2,1-5H3. The molecule has 46 heavy (non-hydrogen) atoms. The van der Waals surface area contributed by atoms with Gasteiger partial charge in [0.25, 0.3) is 5.56 Å². The Morgan fingerprint density at radius 2 is 1.65 bits per heavy atom. The van der Waals surface area contributed by atoms with Crippen LogP contribution in [-0.4, -0.2) is 79.7 Å². The van der Waals surface area contributed by atoms with Gasteiger partial charge in [-0.3, -0.25) is 14.7 Å². The van der Waals surface area contributed by atoms with Gasteiger partial charge in [0.2, 0.25) is 0 Å². The molecule has 0 radical (unpaired) electrons. The van der Waals surface area contributed by atoms with Crippen LogP contribution in [0.1, 0.15) is 71.6 Å². The highest BCUT2D eigenvalue weighted by Crippen LogP contribution is 2.44. The van der Waals surface area contributed by atoms with Gasteiger partial charge in [0, 0.05) is 68.3 Å². The summed E-state index contributed by atoms with van der Waals surface area (Å²) in [4.78, 5) is 42.2. The number of carbonyl (C=O) groups is 1. The normalized spacial score (nSPS) is 19.9. The van der Waals surface area contributed by atoms with Crippen LogP contribution in [0.15, 0.2) is 54.0 Å². The Labute approximate surface area is 271 Å². The first-order chi connectivity index (χ1) is 21.9. The summed E-state index contributed by atoms with van der Waals surface area (Å²) in [5.74, 6) is 0. The Hall–Kier alpha value is -3.92. The number of imidazole rings is 1. The summed E-state index contributed by atoms with van der Waals surface area (Å²) in [5, 5.41) is 1.55. The van der Waals surface area contributed by atoms with Gasteiger partial charge in [-0.25, -0.2) is 9.78 Å². The monoisotopic (exact) mass is 625 g/mol. The number of hydrogen-bond acceptors (Lipinski definition) is 7. The van der Waals surface area contributed by atoms with E-state index in [2.05, 4.69) is 51.4 Å². The lowest BCUT2D eigenvalue weighted by atomic mass is 9.71. The third kappa shape index (κ3) is 6.24. The molecule has 244 valence electrons. The SMILES string of the molecule is CC1(C)CCN(Cc2ccc3nc(Cn4ccc5c(N6CC7(CCN(C(=O)OC(C)(C)C)CC7)C6)cncc5c4=O)cn3c2)CC1. The molecule has 4 aromatic heterocycles. The number of anilines is 1. The van der Waals surface area contributed by atoms with Gasteiger partial charge >= 0.3 is 6.09 Å². The first-order valence-corrected chi connectivity index (χ1v) is 16.7. The van der Waals surface area contributed by atoms with E-state index in [1.54, 1.807) is 10.8 Å². The molecule has 0 aromatic carbocycles. The molecule has 7 rings (SSSR count). The molecular weight excluding hydrogens is 578 g/mol. The van der Waals surface area contributed by atoms with Crippen molar-refractivity contribution in [1.82, 2.24) is 28.7 Å². The summed E-state index contributed by atoms with van der Waals surface area (Å²) < 4.78 is 9.39. The molecule has 3 fully saturated rings. The molecule has 0 N–H and O–H groups in total. The third-order valence-corrected chi connectivity index (χ3v) is 10.3. The van der Waals surface area contributed by atoms with Gasteiger partial charge in [-0.2, -0.15) is 0 Å². The quantitative estimate of drug-likeness (QED) is 0.287. The highest BCUT2D eigenvalue weighted by molar-refractivity contribution is 5.93. The van der Waals surface area contributed by atoms with Crippen LogP contribution in [-0.2, 0) is 17.8 Å². The maximum absolute atomic E-state index is 13.7. The number of pyridine rings is 3. The predicted octanol–water partition coefficient (Wildman–Crippen LogP) is 5.55. The predicted molar refractivity (Wildman–Crippen MR) is 180 cm³/mol. The maximum atomic E-state index is 13.7. The molecule has 4 aromatic rings. The number of amides is 1. The molecule has 3 saturated heterocycles. The largest absolute Gasteiger partial charge is 0.444 e. The van der Waals surface area contributed by atoms with Crippen molar-refractivity contribution < 1.29 is 9.53 Å². The van der Waals surface area contributed by atoms with Crippen LogP contribution in [0, 0.1) is 10.8 Å². The van der Waals surface area contributed by atoms with Crippen LogP contribution in [0.4, 0.5) is 10.5 Å². The second kappa shape index (κ2) is 11.4. The summed E-state index contributed by atoms with van der Waals surface area (Å²) >= 11 is 0. The van der Waals surface area contributed by atoms with Crippen molar-refractivity contribution in [3.63, 3.8) is 0 Å². The van der Waals surface area contributed by atoms with Gasteiger partial charge in [0.15, 0.2) is 0 Å². The van der Waals surface area contributed by atoms with Crippen LogP contribution in [0.2, 0.25) is 0 Å². The minimum Gasteiger partial charge on any atom is -0.444 e. The topological polar surface area (TPSA) is 88.2 Å². The Kier molecular flexibility index (Phi) is 7.61. The van der Waals surface area contributed by atoms with Crippen molar-refractivity contribution in [3.05, 3.63) is 70.8 Å². The van der Waals surface area contributed by atoms with E-state index in [1.165, 1.54) is 18.4 Å². The van der Waals surface area contributed by atoms with E-state index in [-0.39, 0.29) is 17.1 Å². The first-order valence-electron chi connectivity index (χ1n) is 16.7. The molecule has 0 bridgehead atoms. The second-order valence-electron chi connectivity index (χ2n) is 15.7. The summed E-state index contributed by atoms with van der Waals surface area (Å²) in [6.45, 7) is 17.3. The van der Waals surface area contributed by atoms with Gasteiger partial charge in [0.1, 0.15) is 11.2 Å². The molecule has 0 atom stereocenters. The Morgan fingerprint density at radius 3 is 2.37 bits per heavy atom. The maximum Gasteiger partial charge on any atom is 0.410 e. The van der Waals surface area contributed by atoms with Crippen LogP contribution >= 0.6 is 0 Å². The van der Waals surface area contributed by atoms with E-state index < -0.39 is 5.60 Å². The van der Waals surface area contributed by atoms with Crippen LogP contribution in [0.5, 0.6) is 0 Å². The zero-order valence-corrected chi connectivity index (χ0v) is 28.0. The summed E-state index contributed by atoms with van der Waals surface area (Å²) in [7, 11) is 0. The number of carbonyl (C=O) groups excluding carboxylic acids is 1. The number of rotatable bonds is 5. The minimum atomic E-state index is -0.485. The zero-order chi connectivity index (χ0) is 32.3. The fourth-order valence-electron chi connectivity index (χ4n) is 7.32. The number of ether oxygens (including phenoxy) is 1. The summed E-state index contributed by atoms with van der Waals surface area (Å²) in [6, 6.07) is 6.29. The minimum absolute atomic E-state index is 0.0569. The lowest BCUT2D eigenvalue weighted by Gasteiger charge is -2.55. The molecule has 0 aliphatic carbocycles. The number of hydrogen-bond donors (Lipinski definition) is 0. The van der Waals surface area contributed by atoms with E-state index in [1.807, 2.05) is 50.3 Å². The van der Waals surface area contributed by atoms with Crippen molar-refractivity contribution in [2.45, 2.75) is 79.0 Å². The van der Waals surface area contributed by atoms with Crippen molar-refractivity contribution >= 4 is 28.2 Å². The molecule has 0 unspecified atom stereocenters. The van der Waals surface area contributed by atoms with Crippen molar-refractivity contribution in [2.24, 2.45) is 10.8 Å². The van der Waals surface area contributed by atoms with E-state index in [4.69, 9.17) is 9.72 Å². The molecule has 3 aliphatic rings. The Morgan fingerprint density at radius 1 is 0.913 bits per heavy atom. The van der Waals surface area contributed by atoms with Crippen molar-refractivity contribution in [2.75, 3.05) is 44.2 Å². The van der Waals surface area contributed by atoms with Gasteiger partial charge in [-0.1, -0.05) is 19.9 Å². The number of likely N-dealkylation sites (tertiary alicyclic amines) is 2. The van der Waals surface area contributed by atoms with Crippen LogP contribution < -0.4 is 10.5 Å². The highest BCUT2D eigenvalue weighted by Gasteiger charge is 2.46. The van der Waals surface area contributed by atoms with E-state index in [0.717, 1.165) is 68.0 Å². The van der Waals surface area contributed by atoms with Gasteiger partial charge in [0.05, 0.1) is 29.5 Å². The van der Waals surface area contributed by atoms with Gasteiger partial charge < -0.3 is 23.5 Å². The average molecular weight is 626 g/mol. The lowest BCUT2D eigenvalue weighted by molar-refractivity contribution is 0.00600. The first kappa shape index (κ1) is 30.7. The summed E-state index contributed by atoms with van der Waals surface area (Å²) in [5.41, 5.74) is 4.10. The molecule has 1 spiro atoms. The fourth-order valence-corrected chi connectivity index (χ4v) is 7.32. The molecule has 0 saturated carbocycles.